The molecule has 4 rings (SSSR count). The van der Waals surface area contributed by atoms with Gasteiger partial charge in [0.2, 0.25) is 0 Å². The maximum Gasteiger partial charge on any atom is 0.318 e. The van der Waals surface area contributed by atoms with Crippen LogP contribution in [0.4, 0.5) is 4.79 Å². The van der Waals surface area contributed by atoms with Crippen molar-refractivity contribution in [2.75, 3.05) is 6.54 Å². The second-order valence-electron chi connectivity index (χ2n) is 6.37. The second-order valence-corrected chi connectivity index (χ2v) is 6.37. The molecule has 0 fully saturated rings. The minimum atomic E-state index is -0.489. The largest absolute Gasteiger partial charge is 0.469 e. The average Bonchev–Trinajstić information content (AvgIpc) is 3.23. The minimum absolute atomic E-state index is 0.163. The van der Waals surface area contributed by atoms with Crippen molar-refractivity contribution in [3.63, 3.8) is 0 Å². The fourth-order valence-corrected chi connectivity index (χ4v) is 3.19. The molecule has 7 nitrogen and oxygen atoms in total. The molecule has 0 bridgehead atoms. The molecule has 2 aromatic heterocycles. The van der Waals surface area contributed by atoms with Gasteiger partial charge in [-0.3, -0.25) is 0 Å². The Bertz CT molecular complexity index is 887. The molecule has 0 aliphatic carbocycles. The van der Waals surface area contributed by atoms with Crippen LogP contribution < -0.4 is 5.32 Å². The van der Waals surface area contributed by atoms with Crippen molar-refractivity contribution < 1.29 is 13.7 Å². The zero-order chi connectivity index (χ0) is 17.9. The third kappa shape index (κ3) is 3.33. The standard InChI is InChI=1S/C19H20N4O3/c1-13-20-18(26-22-13)17(14-6-3-2-4-7-14)21-19(24)23-10-5-8-16-15(12-23)9-11-25-16/h2-4,6-7,9,11,17H,5,8,10,12H2,1H3,(H,21,24). The molecular formula is C19H20N4O3. The van der Waals surface area contributed by atoms with Crippen molar-refractivity contribution in [1.82, 2.24) is 20.4 Å². The molecule has 134 valence electrons. The Labute approximate surface area is 151 Å². The van der Waals surface area contributed by atoms with E-state index in [0.29, 0.717) is 24.8 Å². The number of hydrogen-bond donors (Lipinski definition) is 1. The number of aryl methyl sites for hydroxylation is 2. The Balaban J connectivity index is 1.56. The van der Waals surface area contributed by atoms with Gasteiger partial charge in [-0.05, 0) is 25.0 Å². The van der Waals surface area contributed by atoms with Crippen molar-refractivity contribution in [2.24, 2.45) is 0 Å². The van der Waals surface area contributed by atoms with Crippen molar-refractivity contribution >= 4 is 6.03 Å². The molecule has 1 aliphatic heterocycles. The van der Waals surface area contributed by atoms with Gasteiger partial charge in [-0.15, -0.1) is 0 Å². The van der Waals surface area contributed by atoms with E-state index in [1.54, 1.807) is 18.1 Å². The first-order valence-electron chi connectivity index (χ1n) is 8.66. The lowest BCUT2D eigenvalue weighted by atomic mass is 10.1. The summed E-state index contributed by atoms with van der Waals surface area (Å²) >= 11 is 0. The Morgan fingerprint density at radius 3 is 2.88 bits per heavy atom. The molecule has 1 atom stereocenters. The fourth-order valence-electron chi connectivity index (χ4n) is 3.19. The van der Waals surface area contributed by atoms with Gasteiger partial charge in [0.25, 0.3) is 5.89 Å². The number of aromatic nitrogens is 2. The zero-order valence-electron chi connectivity index (χ0n) is 14.5. The number of nitrogens with zero attached hydrogens (tertiary/aromatic N) is 3. The number of nitrogens with one attached hydrogen (secondary N) is 1. The third-order valence-electron chi connectivity index (χ3n) is 4.51. The maximum atomic E-state index is 12.9. The molecule has 0 spiro atoms. The number of rotatable bonds is 3. The molecule has 0 saturated heterocycles. The molecule has 26 heavy (non-hydrogen) atoms. The number of furan rings is 1. The van der Waals surface area contributed by atoms with E-state index in [9.17, 15) is 4.79 Å². The quantitative estimate of drug-likeness (QED) is 0.782. The molecule has 2 amide bonds. The van der Waals surface area contributed by atoms with Crippen LogP contribution in [0.2, 0.25) is 0 Å². The zero-order valence-corrected chi connectivity index (χ0v) is 14.5. The number of urea groups is 1. The number of amides is 2. The first-order chi connectivity index (χ1) is 12.7. The summed E-state index contributed by atoms with van der Waals surface area (Å²) in [5.41, 5.74) is 1.95. The summed E-state index contributed by atoms with van der Waals surface area (Å²) in [5.74, 6) is 1.88. The normalized spacial score (nSPS) is 15.2. The van der Waals surface area contributed by atoms with Crippen LogP contribution in [0, 0.1) is 6.92 Å². The Morgan fingerprint density at radius 2 is 2.12 bits per heavy atom. The summed E-state index contributed by atoms with van der Waals surface area (Å²) in [5, 5.41) is 6.90. The highest BCUT2D eigenvalue weighted by molar-refractivity contribution is 5.75. The molecule has 3 aromatic rings. The van der Waals surface area contributed by atoms with Gasteiger partial charge in [0, 0.05) is 18.5 Å². The molecule has 3 heterocycles. The Kier molecular flexibility index (Phi) is 4.43. The molecule has 0 radical (unpaired) electrons. The summed E-state index contributed by atoms with van der Waals surface area (Å²) in [7, 11) is 0. The molecule has 1 unspecified atom stereocenters. The lowest BCUT2D eigenvalue weighted by Crippen LogP contribution is -2.41. The molecule has 1 aromatic carbocycles. The van der Waals surface area contributed by atoms with E-state index in [2.05, 4.69) is 15.5 Å². The molecule has 7 heteroatoms. The number of carbonyl (C=O) groups is 1. The summed E-state index contributed by atoms with van der Waals surface area (Å²) in [6, 6.07) is 10.9. The van der Waals surface area contributed by atoms with E-state index in [4.69, 9.17) is 8.94 Å². The SMILES string of the molecule is Cc1noc(C(NC(=O)N2CCCc3occc3C2)c2ccccc2)n1. The van der Waals surface area contributed by atoms with Gasteiger partial charge >= 0.3 is 6.03 Å². The van der Waals surface area contributed by atoms with E-state index in [1.807, 2.05) is 36.4 Å². The summed E-state index contributed by atoms with van der Waals surface area (Å²) < 4.78 is 10.8. The lowest BCUT2D eigenvalue weighted by molar-refractivity contribution is 0.191. The van der Waals surface area contributed by atoms with Crippen LogP contribution in [0.25, 0.3) is 0 Å². The first-order valence-corrected chi connectivity index (χ1v) is 8.66. The smallest absolute Gasteiger partial charge is 0.318 e. The topological polar surface area (TPSA) is 84.4 Å². The Morgan fingerprint density at radius 1 is 1.27 bits per heavy atom. The number of carbonyl (C=O) groups excluding carboxylic acids is 1. The van der Waals surface area contributed by atoms with E-state index >= 15 is 0 Å². The maximum absolute atomic E-state index is 12.9. The number of fused-ring (bicyclic) bond motifs is 1. The van der Waals surface area contributed by atoms with Crippen molar-refractivity contribution in [1.29, 1.82) is 0 Å². The summed E-state index contributed by atoms with van der Waals surface area (Å²) in [6.45, 7) is 2.95. The molecule has 1 N–H and O–H groups in total. The van der Waals surface area contributed by atoms with E-state index in [0.717, 1.165) is 29.7 Å². The van der Waals surface area contributed by atoms with Gasteiger partial charge in [-0.25, -0.2) is 4.79 Å². The van der Waals surface area contributed by atoms with Crippen LogP contribution in [0.1, 0.15) is 41.1 Å². The second kappa shape index (κ2) is 7.03. The van der Waals surface area contributed by atoms with E-state index < -0.39 is 6.04 Å². The van der Waals surface area contributed by atoms with Crippen LogP contribution in [-0.4, -0.2) is 27.6 Å². The average molecular weight is 352 g/mol. The molecule has 0 saturated carbocycles. The van der Waals surface area contributed by atoms with E-state index in [-0.39, 0.29) is 6.03 Å². The van der Waals surface area contributed by atoms with Crippen LogP contribution in [0.15, 0.2) is 51.6 Å². The molecule has 1 aliphatic rings. The fraction of sp³-hybridized carbons (Fsp3) is 0.316. The van der Waals surface area contributed by atoms with Crippen molar-refractivity contribution in [2.45, 2.75) is 32.4 Å². The number of hydrogen-bond acceptors (Lipinski definition) is 5. The predicted molar refractivity (Wildman–Crippen MR) is 93.3 cm³/mol. The monoisotopic (exact) mass is 352 g/mol. The first kappa shape index (κ1) is 16.4. The van der Waals surface area contributed by atoms with Crippen LogP contribution in [-0.2, 0) is 13.0 Å². The van der Waals surface area contributed by atoms with Gasteiger partial charge < -0.3 is 19.2 Å². The summed E-state index contributed by atoms with van der Waals surface area (Å²) in [4.78, 5) is 19.0. The van der Waals surface area contributed by atoms with Gasteiger partial charge in [0.05, 0.1) is 12.8 Å². The highest BCUT2D eigenvalue weighted by atomic mass is 16.5. The third-order valence-corrected chi connectivity index (χ3v) is 4.51. The highest BCUT2D eigenvalue weighted by Crippen LogP contribution is 2.23. The lowest BCUT2D eigenvalue weighted by Gasteiger charge is -2.24. The van der Waals surface area contributed by atoms with Crippen LogP contribution in [0.3, 0.4) is 0 Å². The predicted octanol–water partition coefficient (Wildman–Crippen LogP) is 3.22. The summed E-state index contributed by atoms with van der Waals surface area (Å²) in [6.07, 6.45) is 3.39. The van der Waals surface area contributed by atoms with Crippen molar-refractivity contribution in [3.05, 3.63) is 71.3 Å². The van der Waals surface area contributed by atoms with Crippen LogP contribution in [0.5, 0.6) is 0 Å². The minimum Gasteiger partial charge on any atom is -0.469 e. The van der Waals surface area contributed by atoms with Crippen LogP contribution >= 0.6 is 0 Å². The van der Waals surface area contributed by atoms with Crippen molar-refractivity contribution in [3.8, 4) is 0 Å². The molecular weight excluding hydrogens is 332 g/mol. The van der Waals surface area contributed by atoms with Gasteiger partial charge in [0.15, 0.2) is 5.82 Å². The number of benzene rings is 1. The van der Waals surface area contributed by atoms with Gasteiger partial charge in [-0.1, -0.05) is 35.5 Å². The van der Waals surface area contributed by atoms with Gasteiger partial charge in [-0.2, -0.15) is 4.98 Å². The van der Waals surface area contributed by atoms with Gasteiger partial charge in [0.1, 0.15) is 11.8 Å². The Hall–Kier alpha value is -3.09. The highest BCUT2D eigenvalue weighted by Gasteiger charge is 2.27. The van der Waals surface area contributed by atoms with E-state index in [1.165, 1.54) is 0 Å².